The minimum atomic E-state index is -0.382. The maximum absolute atomic E-state index is 9.22. The molecule has 0 aliphatic carbocycles. The van der Waals surface area contributed by atoms with Crippen LogP contribution >= 0.6 is 11.6 Å². The lowest BCUT2D eigenvalue weighted by Crippen LogP contribution is -2.05. The van der Waals surface area contributed by atoms with E-state index in [0.717, 1.165) is 5.56 Å². The van der Waals surface area contributed by atoms with Gasteiger partial charge < -0.3 is 9.84 Å². The molecule has 0 saturated carbocycles. The third-order valence-corrected chi connectivity index (χ3v) is 2.07. The number of rotatable bonds is 3. The monoisotopic (exact) mass is 200 g/mol. The molecule has 0 aliphatic rings. The normalized spacial score (nSPS) is 12.6. The van der Waals surface area contributed by atoms with Crippen LogP contribution in [0.5, 0.6) is 5.75 Å². The van der Waals surface area contributed by atoms with E-state index in [1.165, 1.54) is 0 Å². The van der Waals surface area contributed by atoms with Crippen molar-refractivity contribution in [2.24, 2.45) is 0 Å². The molecule has 1 N–H and O–H groups in total. The third-order valence-electron chi connectivity index (χ3n) is 1.77. The van der Waals surface area contributed by atoms with Crippen LogP contribution < -0.4 is 4.74 Å². The minimum Gasteiger partial charge on any atom is -0.495 e. The van der Waals surface area contributed by atoms with Crippen LogP contribution in [0.4, 0.5) is 0 Å². The van der Waals surface area contributed by atoms with E-state index < -0.39 is 0 Å². The quantitative estimate of drug-likeness (QED) is 0.811. The molecule has 0 bridgehead atoms. The van der Waals surface area contributed by atoms with Gasteiger partial charge >= 0.3 is 0 Å². The number of hydrogen-bond donors (Lipinski definition) is 1. The smallest absolute Gasteiger partial charge is 0.140 e. The number of halogens is 1. The molecule has 0 aliphatic heterocycles. The Labute approximate surface area is 83.1 Å². The number of hydrogen-bond acceptors (Lipinski definition) is 2. The highest BCUT2D eigenvalue weighted by molar-refractivity contribution is 6.32. The molecule has 0 amide bonds. The zero-order valence-corrected chi connectivity index (χ0v) is 8.51. The van der Waals surface area contributed by atoms with E-state index in [1.54, 1.807) is 20.1 Å². The molecule has 1 rings (SSSR count). The summed E-state index contributed by atoms with van der Waals surface area (Å²) in [4.78, 5) is 0. The second-order valence-corrected chi connectivity index (χ2v) is 3.39. The van der Waals surface area contributed by atoms with Crippen molar-refractivity contribution in [3.8, 4) is 5.75 Å². The molecule has 0 saturated heterocycles. The molecule has 0 unspecified atom stereocenters. The van der Waals surface area contributed by atoms with E-state index >= 15 is 0 Å². The number of methoxy groups -OCH3 is 1. The SMILES string of the molecule is COc1c(Cl)cccc1C[C@H](C)O. The number of aliphatic hydroxyl groups is 1. The summed E-state index contributed by atoms with van der Waals surface area (Å²) in [5, 5.41) is 9.80. The molecule has 0 heterocycles. The van der Waals surface area contributed by atoms with Gasteiger partial charge in [-0.25, -0.2) is 0 Å². The van der Waals surface area contributed by atoms with Gasteiger partial charge in [0.25, 0.3) is 0 Å². The summed E-state index contributed by atoms with van der Waals surface area (Å²) < 4.78 is 5.13. The van der Waals surface area contributed by atoms with Gasteiger partial charge in [0.1, 0.15) is 5.75 Å². The maximum Gasteiger partial charge on any atom is 0.140 e. The van der Waals surface area contributed by atoms with Crippen LogP contribution in [0.3, 0.4) is 0 Å². The predicted molar refractivity (Wildman–Crippen MR) is 53.4 cm³/mol. The second-order valence-electron chi connectivity index (χ2n) is 2.99. The van der Waals surface area contributed by atoms with Crippen molar-refractivity contribution < 1.29 is 9.84 Å². The highest BCUT2D eigenvalue weighted by Gasteiger charge is 2.08. The number of ether oxygens (including phenoxy) is 1. The highest BCUT2D eigenvalue weighted by Crippen LogP contribution is 2.28. The summed E-state index contributed by atoms with van der Waals surface area (Å²) in [6, 6.07) is 5.52. The molecule has 0 spiro atoms. The first-order chi connectivity index (χ1) is 6.15. The molecule has 2 nitrogen and oxygen atoms in total. The van der Waals surface area contributed by atoms with Gasteiger partial charge in [-0.1, -0.05) is 23.7 Å². The van der Waals surface area contributed by atoms with E-state index in [1.807, 2.05) is 12.1 Å². The van der Waals surface area contributed by atoms with E-state index in [4.69, 9.17) is 16.3 Å². The molecule has 0 fully saturated rings. The fourth-order valence-corrected chi connectivity index (χ4v) is 1.53. The number of benzene rings is 1. The van der Waals surface area contributed by atoms with Crippen LogP contribution in [-0.2, 0) is 6.42 Å². The second kappa shape index (κ2) is 4.49. The van der Waals surface area contributed by atoms with Crippen LogP contribution in [0.2, 0.25) is 5.02 Å². The number of aliphatic hydroxyl groups excluding tert-OH is 1. The van der Waals surface area contributed by atoms with E-state index in [0.29, 0.717) is 17.2 Å². The molecular weight excluding hydrogens is 188 g/mol. The highest BCUT2D eigenvalue weighted by atomic mass is 35.5. The molecule has 1 aromatic rings. The van der Waals surface area contributed by atoms with Crippen molar-refractivity contribution in [1.29, 1.82) is 0 Å². The van der Waals surface area contributed by atoms with Crippen LogP contribution in [0, 0.1) is 0 Å². The summed E-state index contributed by atoms with van der Waals surface area (Å²) in [5.74, 6) is 0.657. The van der Waals surface area contributed by atoms with Gasteiger partial charge in [-0.05, 0) is 18.6 Å². The van der Waals surface area contributed by atoms with E-state index in [9.17, 15) is 5.11 Å². The fraction of sp³-hybridized carbons (Fsp3) is 0.400. The lowest BCUT2D eigenvalue weighted by atomic mass is 10.1. The van der Waals surface area contributed by atoms with Gasteiger partial charge in [-0.3, -0.25) is 0 Å². The van der Waals surface area contributed by atoms with Gasteiger partial charge in [0.2, 0.25) is 0 Å². The predicted octanol–water partition coefficient (Wildman–Crippen LogP) is 2.27. The van der Waals surface area contributed by atoms with E-state index in [-0.39, 0.29) is 6.10 Å². The molecule has 1 atom stereocenters. The third kappa shape index (κ3) is 2.61. The molecule has 0 aromatic heterocycles. The van der Waals surface area contributed by atoms with Crippen LogP contribution in [0.15, 0.2) is 18.2 Å². The average molecular weight is 201 g/mol. The minimum absolute atomic E-state index is 0.382. The number of para-hydroxylation sites is 1. The van der Waals surface area contributed by atoms with Crippen molar-refractivity contribution in [2.45, 2.75) is 19.4 Å². The molecule has 3 heteroatoms. The first kappa shape index (κ1) is 10.4. The zero-order valence-electron chi connectivity index (χ0n) is 7.75. The van der Waals surface area contributed by atoms with Crippen molar-refractivity contribution in [2.75, 3.05) is 7.11 Å². The lowest BCUT2D eigenvalue weighted by molar-refractivity contribution is 0.194. The summed E-state index contributed by atoms with van der Waals surface area (Å²) in [5.41, 5.74) is 0.935. The standard InChI is InChI=1S/C10H13ClO2/c1-7(12)6-8-4-3-5-9(11)10(8)13-2/h3-5,7,12H,6H2,1-2H3/t7-/m0/s1. The molecule has 13 heavy (non-hydrogen) atoms. The Kier molecular flexibility index (Phi) is 3.58. The fourth-order valence-electron chi connectivity index (χ4n) is 1.26. The van der Waals surface area contributed by atoms with Crippen molar-refractivity contribution >= 4 is 11.6 Å². The topological polar surface area (TPSA) is 29.5 Å². The van der Waals surface area contributed by atoms with Gasteiger partial charge in [-0.2, -0.15) is 0 Å². The van der Waals surface area contributed by atoms with Crippen molar-refractivity contribution in [3.63, 3.8) is 0 Å². The molecule has 72 valence electrons. The summed E-state index contributed by atoms with van der Waals surface area (Å²) >= 11 is 5.91. The van der Waals surface area contributed by atoms with Gasteiger partial charge in [0, 0.05) is 6.42 Å². The first-order valence-corrected chi connectivity index (χ1v) is 4.52. The summed E-state index contributed by atoms with van der Waals surface area (Å²) in [6.45, 7) is 1.74. The van der Waals surface area contributed by atoms with Gasteiger partial charge in [0.15, 0.2) is 0 Å². The maximum atomic E-state index is 9.22. The zero-order chi connectivity index (χ0) is 9.84. The largest absolute Gasteiger partial charge is 0.495 e. The van der Waals surface area contributed by atoms with Crippen molar-refractivity contribution in [1.82, 2.24) is 0 Å². The van der Waals surface area contributed by atoms with Crippen LogP contribution in [-0.4, -0.2) is 18.3 Å². The van der Waals surface area contributed by atoms with Crippen LogP contribution in [0.25, 0.3) is 0 Å². The first-order valence-electron chi connectivity index (χ1n) is 4.14. The van der Waals surface area contributed by atoms with Gasteiger partial charge in [0.05, 0.1) is 18.2 Å². The average Bonchev–Trinajstić information content (AvgIpc) is 2.03. The Morgan fingerprint density at radius 1 is 1.54 bits per heavy atom. The Bertz CT molecular complexity index is 284. The Morgan fingerprint density at radius 3 is 2.77 bits per heavy atom. The molecule has 1 aromatic carbocycles. The Hall–Kier alpha value is -0.730. The van der Waals surface area contributed by atoms with Crippen molar-refractivity contribution in [3.05, 3.63) is 28.8 Å². The van der Waals surface area contributed by atoms with Gasteiger partial charge in [-0.15, -0.1) is 0 Å². The lowest BCUT2D eigenvalue weighted by Gasteiger charge is -2.10. The Morgan fingerprint density at radius 2 is 2.23 bits per heavy atom. The van der Waals surface area contributed by atoms with E-state index in [2.05, 4.69) is 0 Å². The molecular formula is C10H13ClO2. The molecule has 0 radical (unpaired) electrons. The summed E-state index contributed by atoms with van der Waals surface area (Å²) in [7, 11) is 1.58. The summed E-state index contributed by atoms with van der Waals surface area (Å²) in [6.07, 6.45) is 0.177. The van der Waals surface area contributed by atoms with Crippen LogP contribution in [0.1, 0.15) is 12.5 Å². The Balaban J connectivity index is 2.98.